The van der Waals surface area contributed by atoms with E-state index in [0.29, 0.717) is 0 Å². The molecule has 0 amide bonds. The lowest BCUT2D eigenvalue weighted by atomic mass is 9.69. The number of nitrogens with zero attached hydrogens (tertiary/aromatic N) is 2. The van der Waals surface area contributed by atoms with Crippen molar-refractivity contribution in [1.82, 2.24) is 0 Å². The van der Waals surface area contributed by atoms with Crippen molar-refractivity contribution in [3.63, 3.8) is 0 Å². The smallest absolute Gasteiger partial charge is 0.113 e. The van der Waals surface area contributed by atoms with E-state index in [2.05, 4.69) is 219 Å². The van der Waals surface area contributed by atoms with Crippen LogP contribution in [0.1, 0.15) is 57.1 Å². The van der Waals surface area contributed by atoms with Gasteiger partial charge in [-0.15, -0.1) is 0 Å². The molecule has 0 fully saturated rings. The summed E-state index contributed by atoms with van der Waals surface area (Å²) in [6.07, 6.45) is 5.78. The Labute approximate surface area is 329 Å². The Balaban J connectivity index is 1.18. The van der Waals surface area contributed by atoms with Crippen LogP contribution in [-0.4, -0.2) is 8.07 Å². The van der Waals surface area contributed by atoms with E-state index in [0.717, 1.165) is 29.9 Å². The van der Waals surface area contributed by atoms with Gasteiger partial charge in [0.05, 0.1) is 0 Å². The number of para-hydroxylation sites is 3. The van der Waals surface area contributed by atoms with Gasteiger partial charge in [0.15, 0.2) is 0 Å². The van der Waals surface area contributed by atoms with Gasteiger partial charge in [0.2, 0.25) is 0 Å². The zero-order chi connectivity index (χ0) is 37.8. The highest BCUT2D eigenvalue weighted by Crippen LogP contribution is 2.44. The molecule has 2 nitrogen and oxygen atoms in total. The maximum absolute atomic E-state index is 2.50. The monoisotopic (exact) mass is 732 g/mol. The molecular formula is C52H52N2Si. The van der Waals surface area contributed by atoms with E-state index in [1.165, 1.54) is 69.0 Å². The summed E-state index contributed by atoms with van der Waals surface area (Å²) in [5.74, 6) is 0. The molecule has 0 spiro atoms. The van der Waals surface area contributed by atoms with Gasteiger partial charge in [-0.25, -0.2) is 0 Å². The van der Waals surface area contributed by atoms with E-state index in [4.69, 9.17) is 0 Å². The van der Waals surface area contributed by atoms with Crippen LogP contribution < -0.4 is 20.2 Å². The fourth-order valence-electron chi connectivity index (χ4n) is 9.03. The first kappa shape index (κ1) is 36.3. The molecule has 0 N–H and O–H groups in total. The Hall–Kier alpha value is -5.64. The van der Waals surface area contributed by atoms with Crippen LogP contribution in [0.2, 0.25) is 13.1 Å². The molecule has 1 aliphatic rings. The first-order valence-electron chi connectivity index (χ1n) is 20.2. The molecule has 0 aliphatic carbocycles. The second-order valence-corrected chi connectivity index (χ2v) is 19.9. The predicted molar refractivity (Wildman–Crippen MR) is 240 cm³/mol. The third-order valence-corrected chi connectivity index (χ3v) is 15.6. The fourth-order valence-corrected chi connectivity index (χ4v) is 12.1. The molecule has 1 aliphatic heterocycles. The number of unbranched alkanes of at least 4 members (excludes halogenated alkanes) is 2. The van der Waals surface area contributed by atoms with Crippen molar-refractivity contribution >= 4 is 52.6 Å². The molecule has 7 aromatic rings. The highest BCUT2D eigenvalue weighted by Gasteiger charge is 2.38. The number of rotatable bonds is 13. The van der Waals surface area contributed by atoms with E-state index in [-0.39, 0.29) is 5.41 Å². The Morgan fingerprint density at radius 3 is 1.33 bits per heavy atom. The lowest BCUT2D eigenvalue weighted by Crippen LogP contribution is -2.49. The molecule has 0 saturated carbocycles. The summed E-state index contributed by atoms with van der Waals surface area (Å²) in [5, 5.41) is 3.06. The summed E-state index contributed by atoms with van der Waals surface area (Å²) >= 11 is 0. The van der Waals surface area contributed by atoms with Crippen molar-refractivity contribution < 1.29 is 0 Å². The molecule has 1 unspecified atom stereocenters. The van der Waals surface area contributed by atoms with Crippen LogP contribution in [0.3, 0.4) is 0 Å². The summed E-state index contributed by atoms with van der Waals surface area (Å²) in [4.78, 5) is 4.79. The van der Waals surface area contributed by atoms with Crippen LogP contribution in [0.15, 0.2) is 182 Å². The molecule has 0 saturated heterocycles. The Bertz CT molecular complexity index is 2300. The van der Waals surface area contributed by atoms with Crippen LogP contribution in [0, 0.1) is 0 Å². The number of benzene rings is 7. The molecule has 0 aromatic heterocycles. The average molecular weight is 733 g/mol. The molecule has 7 aromatic carbocycles. The minimum atomic E-state index is -1.83. The second kappa shape index (κ2) is 15.6. The van der Waals surface area contributed by atoms with Crippen molar-refractivity contribution in [2.24, 2.45) is 0 Å². The molecular weight excluding hydrogens is 681 g/mol. The number of anilines is 6. The Kier molecular flexibility index (Phi) is 10.3. The third-order valence-electron chi connectivity index (χ3n) is 12.0. The SMILES string of the molecule is CCCCCC(CC)(c1ccc(N(c2ccccc2)c2ccccc2)cc1)c1ccc(N(c2ccccc2)c2ccc3c(c2)[Si](C)(C)c2ccccc2-3)cc1. The highest BCUT2D eigenvalue weighted by atomic mass is 28.3. The summed E-state index contributed by atoms with van der Waals surface area (Å²) < 4.78 is 0. The van der Waals surface area contributed by atoms with Crippen LogP contribution in [-0.2, 0) is 5.41 Å². The maximum atomic E-state index is 2.50. The van der Waals surface area contributed by atoms with Gasteiger partial charge >= 0.3 is 0 Å². The molecule has 0 bridgehead atoms. The van der Waals surface area contributed by atoms with Gasteiger partial charge < -0.3 is 9.80 Å². The maximum Gasteiger partial charge on any atom is 0.113 e. The summed E-state index contributed by atoms with van der Waals surface area (Å²) in [6.45, 7) is 9.68. The fraction of sp³-hybridized carbons (Fsp3) is 0.192. The topological polar surface area (TPSA) is 6.48 Å². The van der Waals surface area contributed by atoms with Gasteiger partial charge in [-0.1, -0.05) is 155 Å². The van der Waals surface area contributed by atoms with Gasteiger partial charge in [0, 0.05) is 39.5 Å². The number of fused-ring (bicyclic) bond motifs is 3. The summed E-state index contributed by atoms with van der Waals surface area (Å²) in [5.41, 5.74) is 12.5. The van der Waals surface area contributed by atoms with Crippen LogP contribution in [0.5, 0.6) is 0 Å². The summed E-state index contributed by atoms with van der Waals surface area (Å²) in [6, 6.07) is 67.4. The minimum Gasteiger partial charge on any atom is -0.311 e. The molecule has 1 heterocycles. The standard InChI is InChI=1S/C52H52N2Si/c1-5-7-19-38-52(6-2,40-28-32-45(33-29-40)53(42-20-11-8-12-21-42)43-22-13-9-14-23-43)41-30-34-46(35-31-41)54(44-24-15-10-16-25-44)47-36-37-49-48-26-17-18-27-50(48)55(3,4)51(49)39-47/h8-18,20-37,39H,5-7,19,38H2,1-4H3. The Morgan fingerprint density at radius 2 is 0.836 bits per heavy atom. The quantitative estimate of drug-likeness (QED) is 0.0860. The van der Waals surface area contributed by atoms with Gasteiger partial charge in [-0.2, -0.15) is 0 Å². The van der Waals surface area contributed by atoms with Crippen molar-refractivity contribution in [2.75, 3.05) is 9.80 Å². The molecule has 8 rings (SSSR count). The van der Waals surface area contributed by atoms with Crippen molar-refractivity contribution in [3.05, 3.63) is 193 Å². The molecule has 3 heteroatoms. The van der Waals surface area contributed by atoms with Gasteiger partial charge in [0.25, 0.3) is 0 Å². The van der Waals surface area contributed by atoms with E-state index in [1.807, 2.05) is 0 Å². The largest absolute Gasteiger partial charge is 0.311 e. The number of hydrogen-bond acceptors (Lipinski definition) is 2. The average Bonchev–Trinajstić information content (AvgIpc) is 3.47. The second-order valence-electron chi connectivity index (χ2n) is 15.6. The lowest BCUT2D eigenvalue weighted by Gasteiger charge is -2.36. The highest BCUT2D eigenvalue weighted by molar-refractivity contribution is 7.03. The van der Waals surface area contributed by atoms with Crippen LogP contribution >= 0.6 is 0 Å². The minimum absolute atomic E-state index is 0.0941. The van der Waals surface area contributed by atoms with Crippen LogP contribution in [0.4, 0.5) is 34.1 Å². The first-order chi connectivity index (χ1) is 26.9. The van der Waals surface area contributed by atoms with Crippen molar-refractivity contribution in [3.8, 4) is 11.1 Å². The first-order valence-corrected chi connectivity index (χ1v) is 23.2. The number of hydrogen-bond donors (Lipinski definition) is 0. The van der Waals surface area contributed by atoms with Crippen LogP contribution in [0.25, 0.3) is 11.1 Å². The van der Waals surface area contributed by atoms with Gasteiger partial charge in [0.1, 0.15) is 8.07 Å². The van der Waals surface area contributed by atoms with Gasteiger partial charge in [-0.3, -0.25) is 0 Å². The van der Waals surface area contributed by atoms with E-state index in [9.17, 15) is 0 Å². The molecule has 0 radical (unpaired) electrons. The Morgan fingerprint density at radius 1 is 0.418 bits per heavy atom. The third kappa shape index (κ3) is 6.83. The van der Waals surface area contributed by atoms with Gasteiger partial charge in [-0.05, 0) is 118 Å². The normalized spacial score (nSPS) is 13.7. The van der Waals surface area contributed by atoms with E-state index < -0.39 is 8.07 Å². The van der Waals surface area contributed by atoms with E-state index in [1.54, 1.807) is 0 Å². The zero-order valence-corrected chi connectivity index (χ0v) is 33.8. The zero-order valence-electron chi connectivity index (χ0n) is 32.8. The molecule has 274 valence electrons. The van der Waals surface area contributed by atoms with Crippen molar-refractivity contribution in [1.29, 1.82) is 0 Å². The molecule has 55 heavy (non-hydrogen) atoms. The van der Waals surface area contributed by atoms with Crippen molar-refractivity contribution in [2.45, 2.75) is 64.5 Å². The van der Waals surface area contributed by atoms with E-state index >= 15 is 0 Å². The predicted octanol–water partition coefficient (Wildman–Crippen LogP) is 13.7. The molecule has 1 atom stereocenters. The summed E-state index contributed by atoms with van der Waals surface area (Å²) in [7, 11) is -1.83. The lowest BCUT2D eigenvalue weighted by molar-refractivity contribution is 0.431.